The molecule has 0 bridgehead atoms. The van der Waals surface area contributed by atoms with Gasteiger partial charge in [-0.15, -0.1) is 11.3 Å². The van der Waals surface area contributed by atoms with Crippen molar-refractivity contribution in [3.8, 4) is 5.75 Å². The molecule has 1 atom stereocenters. The number of ether oxygens (including phenoxy) is 1. The van der Waals surface area contributed by atoms with Crippen LogP contribution in [0.2, 0.25) is 0 Å². The summed E-state index contributed by atoms with van der Waals surface area (Å²) in [6.07, 6.45) is 4.55. The van der Waals surface area contributed by atoms with E-state index in [0.29, 0.717) is 0 Å². The van der Waals surface area contributed by atoms with Crippen molar-refractivity contribution >= 4 is 17.2 Å². The second kappa shape index (κ2) is 7.74. The van der Waals surface area contributed by atoms with Crippen LogP contribution in [0.15, 0.2) is 42.7 Å². The van der Waals surface area contributed by atoms with E-state index >= 15 is 0 Å². The molecule has 1 N–H and O–H groups in total. The van der Waals surface area contributed by atoms with E-state index in [-0.39, 0.29) is 11.9 Å². The molecule has 1 aromatic carbocycles. The fourth-order valence-electron chi connectivity index (χ4n) is 2.93. The SMILES string of the molecule is CCc1sc(C(=O)N[C@H](c2ccc(OC)cc2)c2nccn2C)cc1C. The lowest BCUT2D eigenvalue weighted by Crippen LogP contribution is -2.30. The number of thiophene rings is 1. The minimum atomic E-state index is -0.333. The van der Waals surface area contributed by atoms with Crippen LogP contribution in [0.4, 0.5) is 0 Å². The van der Waals surface area contributed by atoms with Gasteiger partial charge < -0.3 is 14.6 Å². The normalized spacial score (nSPS) is 12.0. The number of methoxy groups -OCH3 is 1. The van der Waals surface area contributed by atoms with Crippen LogP contribution >= 0.6 is 11.3 Å². The number of rotatable bonds is 6. The van der Waals surface area contributed by atoms with Gasteiger partial charge >= 0.3 is 0 Å². The third-order valence-corrected chi connectivity index (χ3v) is 5.79. The molecule has 0 aliphatic heterocycles. The molecule has 6 heteroatoms. The smallest absolute Gasteiger partial charge is 0.262 e. The number of aryl methyl sites for hydroxylation is 3. The Bertz CT molecular complexity index is 896. The van der Waals surface area contributed by atoms with Gasteiger partial charge in [-0.25, -0.2) is 4.98 Å². The molecular formula is C20H23N3O2S. The van der Waals surface area contributed by atoms with Crippen molar-refractivity contribution in [2.45, 2.75) is 26.3 Å². The fourth-order valence-corrected chi connectivity index (χ4v) is 3.95. The third kappa shape index (κ3) is 3.65. The molecule has 2 aromatic heterocycles. The highest BCUT2D eigenvalue weighted by molar-refractivity contribution is 7.14. The molecule has 0 spiro atoms. The Morgan fingerprint density at radius 1 is 1.35 bits per heavy atom. The highest BCUT2D eigenvalue weighted by atomic mass is 32.1. The summed E-state index contributed by atoms with van der Waals surface area (Å²) < 4.78 is 7.16. The fraction of sp³-hybridized carbons (Fsp3) is 0.300. The number of hydrogen-bond donors (Lipinski definition) is 1. The molecule has 0 radical (unpaired) electrons. The summed E-state index contributed by atoms with van der Waals surface area (Å²) in [7, 11) is 3.56. The van der Waals surface area contributed by atoms with E-state index in [1.807, 2.05) is 55.1 Å². The summed E-state index contributed by atoms with van der Waals surface area (Å²) in [4.78, 5) is 19.3. The van der Waals surface area contributed by atoms with Gasteiger partial charge in [0.25, 0.3) is 5.91 Å². The third-order valence-electron chi connectivity index (χ3n) is 4.41. The van der Waals surface area contributed by atoms with Crippen LogP contribution in [-0.2, 0) is 13.5 Å². The quantitative estimate of drug-likeness (QED) is 0.717. The molecule has 1 amide bonds. The minimum absolute atomic E-state index is 0.0818. The van der Waals surface area contributed by atoms with Crippen molar-refractivity contribution < 1.29 is 9.53 Å². The van der Waals surface area contributed by atoms with Crippen molar-refractivity contribution in [1.82, 2.24) is 14.9 Å². The zero-order chi connectivity index (χ0) is 18.7. The van der Waals surface area contributed by atoms with E-state index in [9.17, 15) is 4.79 Å². The number of carbonyl (C=O) groups is 1. The lowest BCUT2D eigenvalue weighted by Gasteiger charge is -2.19. The minimum Gasteiger partial charge on any atom is -0.497 e. The summed E-state index contributed by atoms with van der Waals surface area (Å²) in [6.45, 7) is 4.15. The summed E-state index contributed by atoms with van der Waals surface area (Å²) in [5.74, 6) is 1.48. The van der Waals surface area contributed by atoms with Crippen LogP contribution in [0.5, 0.6) is 5.75 Å². The van der Waals surface area contributed by atoms with Crippen molar-refractivity contribution in [3.05, 3.63) is 69.4 Å². The monoisotopic (exact) mass is 369 g/mol. The number of imidazole rings is 1. The molecule has 26 heavy (non-hydrogen) atoms. The molecule has 5 nitrogen and oxygen atoms in total. The standard InChI is InChI=1S/C20H23N3O2S/c1-5-16-13(2)12-17(26-16)20(24)22-18(19-21-10-11-23(19)3)14-6-8-15(25-4)9-7-14/h6-12,18H,5H2,1-4H3,(H,22,24)/t18-/m1/s1. The number of nitrogens with zero attached hydrogens (tertiary/aromatic N) is 2. The summed E-state index contributed by atoms with van der Waals surface area (Å²) in [5.41, 5.74) is 2.12. The number of carbonyl (C=O) groups excluding carboxylic acids is 1. The van der Waals surface area contributed by atoms with Crippen molar-refractivity contribution in [3.63, 3.8) is 0 Å². The Kier molecular flexibility index (Phi) is 5.42. The first-order valence-electron chi connectivity index (χ1n) is 8.54. The molecule has 0 aliphatic carbocycles. The van der Waals surface area contributed by atoms with Gasteiger partial charge in [0.15, 0.2) is 0 Å². The van der Waals surface area contributed by atoms with Gasteiger partial charge in [0.1, 0.15) is 17.6 Å². The molecule has 0 saturated heterocycles. The van der Waals surface area contributed by atoms with E-state index in [0.717, 1.165) is 28.4 Å². The second-order valence-corrected chi connectivity index (χ2v) is 7.28. The highest BCUT2D eigenvalue weighted by Gasteiger charge is 2.22. The van der Waals surface area contributed by atoms with Gasteiger partial charge in [-0.1, -0.05) is 19.1 Å². The number of hydrogen-bond acceptors (Lipinski definition) is 4. The molecule has 2 heterocycles. The Morgan fingerprint density at radius 2 is 2.08 bits per heavy atom. The highest BCUT2D eigenvalue weighted by Crippen LogP contribution is 2.26. The molecule has 3 aromatic rings. The van der Waals surface area contributed by atoms with Crippen LogP contribution in [0.3, 0.4) is 0 Å². The van der Waals surface area contributed by atoms with Gasteiger partial charge in [-0.05, 0) is 42.7 Å². The second-order valence-electron chi connectivity index (χ2n) is 6.15. The molecule has 3 rings (SSSR count). The van der Waals surface area contributed by atoms with Gasteiger partial charge in [-0.3, -0.25) is 4.79 Å². The molecule has 0 unspecified atom stereocenters. The lowest BCUT2D eigenvalue weighted by molar-refractivity contribution is 0.0945. The van der Waals surface area contributed by atoms with E-state index in [4.69, 9.17) is 4.74 Å². The first-order chi connectivity index (χ1) is 12.5. The van der Waals surface area contributed by atoms with E-state index in [1.165, 1.54) is 10.4 Å². The zero-order valence-electron chi connectivity index (χ0n) is 15.4. The maximum Gasteiger partial charge on any atom is 0.262 e. The van der Waals surface area contributed by atoms with Crippen LogP contribution in [0.25, 0.3) is 0 Å². The molecule has 0 saturated carbocycles. The predicted octanol–water partition coefficient (Wildman–Crippen LogP) is 3.88. The summed E-state index contributed by atoms with van der Waals surface area (Å²) >= 11 is 1.55. The first kappa shape index (κ1) is 18.2. The summed E-state index contributed by atoms with van der Waals surface area (Å²) in [6, 6.07) is 9.32. The Balaban J connectivity index is 1.92. The number of nitrogens with one attached hydrogen (secondary N) is 1. The van der Waals surface area contributed by atoms with Crippen LogP contribution in [-0.4, -0.2) is 22.6 Å². The van der Waals surface area contributed by atoms with E-state index in [2.05, 4.69) is 17.2 Å². The predicted molar refractivity (Wildman–Crippen MR) is 104 cm³/mol. The first-order valence-corrected chi connectivity index (χ1v) is 9.36. The summed E-state index contributed by atoms with van der Waals surface area (Å²) in [5, 5.41) is 3.14. The maximum atomic E-state index is 12.9. The average Bonchev–Trinajstić information content (AvgIpc) is 3.25. The number of amides is 1. The molecular weight excluding hydrogens is 346 g/mol. The Hall–Kier alpha value is -2.60. The number of benzene rings is 1. The Morgan fingerprint density at radius 3 is 2.62 bits per heavy atom. The van der Waals surface area contributed by atoms with Gasteiger partial charge in [0, 0.05) is 24.3 Å². The van der Waals surface area contributed by atoms with Gasteiger partial charge in [0.05, 0.1) is 12.0 Å². The van der Waals surface area contributed by atoms with E-state index in [1.54, 1.807) is 24.6 Å². The van der Waals surface area contributed by atoms with Crippen molar-refractivity contribution in [2.75, 3.05) is 7.11 Å². The van der Waals surface area contributed by atoms with Crippen LogP contribution in [0.1, 0.15) is 44.5 Å². The van der Waals surface area contributed by atoms with Crippen LogP contribution in [0, 0.1) is 6.92 Å². The van der Waals surface area contributed by atoms with Crippen molar-refractivity contribution in [2.24, 2.45) is 7.05 Å². The molecule has 0 fully saturated rings. The van der Waals surface area contributed by atoms with Crippen molar-refractivity contribution in [1.29, 1.82) is 0 Å². The number of aromatic nitrogens is 2. The Labute approximate surface area is 157 Å². The maximum absolute atomic E-state index is 12.9. The molecule has 136 valence electrons. The van der Waals surface area contributed by atoms with Gasteiger partial charge in [-0.2, -0.15) is 0 Å². The van der Waals surface area contributed by atoms with Gasteiger partial charge in [0.2, 0.25) is 0 Å². The van der Waals surface area contributed by atoms with Crippen LogP contribution < -0.4 is 10.1 Å². The topological polar surface area (TPSA) is 56.1 Å². The lowest BCUT2D eigenvalue weighted by atomic mass is 10.1. The van der Waals surface area contributed by atoms with E-state index < -0.39 is 0 Å². The average molecular weight is 369 g/mol. The molecule has 0 aliphatic rings. The zero-order valence-corrected chi connectivity index (χ0v) is 16.3. The largest absolute Gasteiger partial charge is 0.497 e.